The monoisotopic (exact) mass is 305 g/mol. The van der Waals surface area contributed by atoms with Gasteiger partial charge in [-0.1, -0.05) is 22.0 Å². The highest BCUT2D eigenvalue weighted by molar-refractivity contribution is 9.10. The largest absolute Gasteiger partial charge is 0.309 e. The van der Waals surface area contributed by atoms with Crippen molar-refractivity contribution < 1.29 is 8.78 Å². The van der Waals surface area contributed by atoms with Crippen LogP contribution in [0.4, 0.5) is 8.78 Å². The summed E-state index contributed by atoms with van der Waals surface area (Å²) in [7, 11) is 0. The highest BCUT2D eigenvalue weighted by Crippen LogP contribution is 2.20. The van der Waals surface area contributed by atoms with Crippen LogP contribution >= 0.6 is 15.9 Å². The van der Waals surface area contributed by atoms with Crippen LogP contribution in [-0.2, 0) is 6.42 Å². The summed E-state index contributed by atoms with van der Waals surface area (Å²) in [5, 5.41) is 3.11. The van der Waals surface area contributed by atoms with Crippen molar-refractivity contribution in [1.29, 1.82) is 0 Å². The summed E-state index contributed by atoms with van der Waals surface area (Å²) in [6.45, 7) is 6.28. The fraction of sp³-hybridized carbons (Fsp3) is 0.538. The maximum absolute atomic E-state index is 13.7. The minimum absolute atomic E-state index is 0.0929. The molecule has 0 aliphatic rings. The van der Waals surface area contributed by atoms with Crippen molar-refractivity contribution in [2.24, 2.45) is 0 Å². The summed E-state index contributed by atoms with van der Waals surface area (Å²) < 4.78 is 27.2. The van der Waals surface area contributed by atoms with E-state index in [4.69, 9.17) is 0 Å². The zero-order valence-corrected chi connectivity index (χ0v) is 11.9. The Bertz CT molecular complexity index is 374. The van der Waals surface area contributed by atoms with Gasteiger partial charge in [-0.3, -0.25) is 0 Å². The molecule has 1 nitrogen and oxygen atoms in total. The van der Waals surface area contributed by atoms with Crippen LogP contribution in [0.5, 0.6) is 0 Å². The molecule has 1 aromatic rings. The van der Waals surface area contributed by atoms with Gasteiger partial charge in [-0.25, -0.2) is 8.78 Å². The summed E-state index contributed by atoms with van der Waals surface area (Å²) in [6.07, 6.45) is -0.694. The van der Waals surface area contributed by atoms with E-state index >= 15 is 0 Å². The molecule has 0 bridgehead atoms. The average molecular weight is 306 g/mol. The second kappa shape index (κ2) is 5.91. The van der Waals surface area contributed by atoms with Crippen LogP contribution in [0.25, 0.3) is 0 Å². The van der Waals surface area contributed by atoms with Crippen molar-refractivity contribution in [3.05, 3.63) is 34.1 Å². The molecule has 1 unspecified atom stereocenters. The van der Waals surface area contributed by atoms with Crippen molar-refractivity contribution >= 4 is 15.9 Å². The molecular weight excluding hydrogens is 288 g/mol. The number of rotatable bonds is 4. The lowest BCUT2D eigenvalue weighted by molar-refractivity contribution is 0.284. The van der Waals surface area contributed by atoms with E-state index in [1.54, 1.807) is 6.07 Å². The molecule has 0 saturated heterocycles. The first-order valence-electron chi connectivity index (χ1n) is 5.61. The van der Waals surface area contributed by atoms with Crippen LogP contribution in [0, 0.1) is 5.82 Å². The lowest BCUT2D eigenvalue weighted by Crippen LogP contribution is -2.40. The summed E-state index contributed by atoms with van der Waals surface area (Å²) in [5.74, 6) is -0.316. The van der Waals surface area contributed by atoms with Gasteiger partial charge in [0.15, 0.2) is 0 Å². The molecule has 0 spiro atoms. The van der Waals surface area contributed by atoms with E-state index in [9.17, 15) is 8.78 Å². The minimum atomic E-state index is -0.976. The number of hydrogen-bond donors (Lipinski definition) is 1. The van der Waals surface area contributed by atoms with Gasteiger partial charge in [0.25, 0.3) is 0 Å². The Balaban J connectivity index is 2.53. The maximum Gasteiger partial charge on any atom is 0.124 e. The van der Waals surface area contributed by atoms with E-state index in [1.807, 2.05) is 20.8 Å². The van der Waals surface area contributed by atoms with Gasteiger partial charge in [0.05, 0.1) is 0 Å². The van der Waals surface area contributed by atoms with E-state index in [0.717, 1.165) is 5.56 Å². The van der Waals surface area contributed by atoms with Gasteiger partial charge in [0, 0.05) is 23.0 Å². The molecule has 1 atom stereocenters. The molecule has 17 heavy (non-hydrogen) atoms. The quantitative estimate of drug-likeness (QED) is 0.891. The van der Waals surface area contributed by atoms with Crippen LogP contribution in [0.2, 0.25) is 0 Å². The molecule has 0 heterocycles. The molecule has 4 heteroatoms. The Morgan fingerprint density at radius 3 is 2.53 bits per heavy atom. The molecule has 0 aliphatic carbocycles. The third-order valence-corrected chi connectivity index (χ3v) is 3.05. The number of nitrogens with one attached hydrogen (secondary N) is 1. The number of benzene rings is 1. The smallest absolute Gasteiger partial charge is 0.124 e. The molecule has 0 aliphatic heterocycles. The summed E-state index contributed by atoms with van der Waals surface area (Å²) in [4.78, 5) is 0. The third-order valence-electron chi connectivity index (χ3n) is 2.31. The topological polar surface area (TPSA) is 12.0 Å². The summed E-state index contributed by atoms with van der Waals surface area (Å²) in [5.41, 5.74) is 0.694. The normalized spacial score (nSPS) is 13.8. The minimum Gasteiger partial charge on any atom is -0.309 e. The van der Waals surface area contributed by atoms with Gasteiger partial charge in [-0.15, -0.1) is 0 Å². The average Bonchev–Trinajstić information content (AvgIpc) is 2.18. The van der Waals surface area contributed by atoms with E-state index in [-0.39, 0.29) is 17.8 Å². The number of hydrogen-bond acceptors (Lipinski definition) is 1. The lowest BCUT2D eigenvalue weighted by atomic mass is 10.1. The Morgan fingerprint density at radius 1 is 1.35 bits per heavy atom. The molecular formula is C13H18BrF2N. The lowest BCUT2D eigenvalue weighted by Gasteiger charge is -2.22. The zero-order valence-electron chi connectivity index (χ0n) is 10.4. The van der Waals surface area contributed by atoms with Crippen LogP contribution in [0.1, 0.15) is 26.3 Å². The maximum atomic E-state index is 13.7. The molecule has 0 aromatic heterocycles. The Hall–Kier alpha value is -0.480. The van der Waals surface area contributed by atoms with Crippen LogP contribution in [0.3, 0.4) is 0 Å². The van der Waals surface area contributed by atoms with E-state index < -0.39 is 6.17 Å². The van der Waals surface area contributed by atoms with Gasteiger partial charge in [-0.2, -0.15) is 0 Å². The van der Waals surface area contributed by atoms with Crippen molar-refractivity contribution in [2.75, 3.05) is 6.54 Å². The van der Waals surface area contributed by atoms with Crippen LogP contribution < -0.4 is 5.32 Å². The van der Waals surface area contributed by atoms with Crippen molar-refractivity contribution in [2.45, 2.75) is 38.9 Å². The van der Waals surface area contributed by atoms with Gasteiger partial charge in [0.1, 0.15) is 12.0 Å². The molecule has 1 aromatic carbocycles. The molecule has 0 fully saturated rings. The van der Waals surface area contributed by atoms with Crippen molar-refractivity contribution in [3.63, 3.8) is 0 Å². The highest BCUT2D eigenvalue weighted by Gasteiger charge is 2.15. The number of alkyl halides is 1. The first-order valence-corrected chi connectivity index (χ1v) is 6.40. The third kappa shape index (κ3) is 5.59. The van der Waals surface area contributed by atoms with Gasteiger partial charge in [0.2, 0.25) is 0 Å². The van der Waals surface area contributed by atoms with Gasteiger partial charge < -0.3 is 5.32 Å². The molecule has 1 rings (SSSR count). The Labute approximate surface area is 110 Å². The van der Waals surface area contributed by atoms with Crippen molar-refractivity contribution in [1.82, 2.24) is 5.32 Å². The molecule has 1 N–H and O–H groups in total. The molecule has 0 saturated carbocycles. The first-order chi connectivity index (χ1) is 7.78. The van der Waals surface area contributed by atoms with E-state index in [0.29, 0.717) is 11.0 Å². The Morgan fingerprint density at radius 2 is 2.00 bits per heavy atom. The second-order valence-corrected chi connectivity index (χ2v) is 6.02. The van der Waals surface area contributed by atoms with E-state index in [2.05, 4.69) is 21.2 Å². The Kier molecular flexibility index (Phi) is 5.07. The zero-order chi connectivity index (χ0) is 13.1. The SMILES string of the molecule is CC(C)(C)NCC(F)Cc1ccc(F)cc1Br. The molecule has 96 valence electrons. The molecule has 0 amide bonds. The number of halogens is 3. The molecule has 0 radical (unpaired) electrons. The standard InChI is InChI=1S/C13H18BrF2N/c1-13(2,3)17-8-11(16)6-9-4-5-10(15)7-12(9)14/h4-5,7,11,17H,6,8H2,1-3H3. The van der Waals surface area contributed by atoms with Crippen LogP contribution in [-0.4, -0.2) is 18.3 Å². The van der Waals surface area contributed by atoms with Gasteiger partial charge in [-0.05, 0) is 38.5 Å². The fourth-order valence-corrected chi connectivity index (χ4v) is 1.93. The summed E-state index contributed by atoms with van der Waals surface area (Å²) in [6, 6.07) is 4.33. The van der Waals surface area contributed by atoms with Crippen LogP contribution in [0.15, 0.2) is 22.7 Å². The summed E-state index contributed by atoms with van der Waals surface area (Å²) >= 11 is 3.24. The fourth-order valence-electron chi connectivity index (χ4n) is 1.41. The predicted octanol–water partition coefficient (Wildman–Crippen LogP) is 3.86. The van der Waals surface area contributed by atoms with Gasteiger partial charge >= 0.3 is 0 Å². The second-order valence-electron chi connectivity index (χ2n) is 5.17. The highest BCUT2D eigenvalue weighted by atomic mass is 79.9. The first kappa shape index (κ1) is 14.6. The van der Waals surface area contributed by atoms with E-state index in [1.165, 1.54) is 12.1 Å². The predicted molar refractivity (Wildman–Crippen MR) is 70.5 cm³/mol. The van der Waals surface area contributed by atoms with Crippen molar-refractivity contribution in [3.8, 4) is 0 Å².